The molecule has 0 radical (unpaired) electrons. The van der Waals surface area contributed by atoms with E-state index >= 15 is 0 Å². The maximum atomic E-state index is 14.4. The highest BCUT2D eigenvalue weighted by molar-refractivity contribution is 7.09. The summed E-state index contributed by atoms with van der Waals surface area (Å²) in [5, 5.41) is 11.1. The van der Waals surface area contributed by atoms with E-state index in [1.807, 2.05) is 113 Å². The molecule has 6 atom stereocenters. The number of hydrogen-bond acceptors (Lipinski definition) is 24. The fourth-order valence-electron chi connectivity index (χ4n) is 19.2. The first kappa shape index (κ1) is 100. The Labute approximate surface area is 812 Å². The number of thiazole rings is 1. The number of benzene rings is 9. The molecule has 3 saturated heterocycles. The number of rotatable bonds is 35. The monoisotopic (exact) mass is 1890 g/mol. The van der Waals surface area contributed by atoms with E-state index in [-0.39, 0.29) is 78.4 Å². The molecule has 0 spiro atoms. The van der Waals surface area contributed by atoms with Gasteiger partial charge in [0.2, 0.25) is 11.8 Å². The van der Waals surface area contributed by atoms with E-state index in [4.69, 9.17) is 33.2 Å². The van der Waals surface area contributed by atoms with Crippen molar-refractivity contribution in [3.63, 3.8) is 0 Å². The van der Waals surface area contributed by atoms with Crippen molar-refractivity contribution in [1.29, 1.82) is 0 Å². The molecule has 7 heterocycles. The van der Waals surface area contributed by atoms with Crippen LogP contribution in [0, 0.1) is 6.92 Å². The van der Waals surface area contributed by atoms with Crippen LogP contribution in [0.25, 0.3) is 0 Å². The lowest BCUT2D eigenvalue weighted by molar-refractivity contribution is -0.130. The number of nitrogens with one attached hydrogen (secondary N) is 3. The van der Waals surface area contributed by atoms with Crippen LogP contribution < -0.4 is 59.1 Å². The van der Waals surface area contributed by atoms with E-state index in [9.17, 15) is 43.2 Å². The summed E-state index contributed by atoms with van der Waals surface area (Å²) in [5.74, 6) is 0.588. The summed E-state index contributed by atoms with van der Waals surface area (Å²) in [6.45, 7) is 26.2. The Morgan fingerprint density at radius 3 is 1.01 bits per heavy atom. The Morgan fingerprint density at radius 2 is 0.703 bits per heavy atom. The van der Waals surface area contributed by atoms with Crippen molar-refractivity contribution in [2.45, 2.75) is 129 Å². The third-order valence-corrected chi connectivity index (χ3v) is 27.5. The molecule has 726 valence electrons. The van der Waals surface area contributed by atoms with Crippen molar-refractivity contribution in [2.75, 3.05) is 162 Å². The summed E-state index contributed by atoms with van der Waals surface area (Å²) in [6, 6.07) is 63.4. The summed E-state index contributed by atoms with van der Waals surface area (Å²) < 4.78 is 38.6. The molecule has 1 aromatic heterocycles. The molecule has 30 heteroatoms. The van der Waals surface area contributed by atoms with Crippen molar-refractivity contribution < 1.29 is 76.3 Å². The summed E-state index contributed by atoms with van der Waals surface area (Å²) in [4.78, 5) is 144. The minimum absolute atomic E-state index is 0.0385. The van der Waals surface area contributed by atoms with Crippen molar-refractivity contribution in [3.05, 3.63) is 283 Å². The second-order valence-corrected chi connectivity index (χ2v) is 37.1. The van der Waals surface area contributed by atoms with Crippen LogP contribution >= 0.6 is 11.3 Å². The number of nitrogens with zero attached hydrogens (tertiary/aromatic N) is 10. The summed E-state index contributed by atoms with van der Waals surface area (Å²) in [7, 11) is 9.34. The fourth-order valence-corrected chi connectivity index (χ4v) is 19.8. The van der Waals surface area contributed by atoms with Gasteiger partial charge in [-0.2, -0.15) is 0 Å². The topological polar surface area (TPSA) is 296 Å². The average molecular weight is 1900 g/mol. The zero-order valence-electron chi connectivity index (χ0n) is 81.4. The molecule has 9 amide bonds. The molecule has 0 bridgehead atoms. The van der Waals surface area contributed by atoms with Gasteiger partial charge in [0.1, 0.15) is 12.3 Å². The van der Waals surface area contributed by atoms with Gasteiger partial charge >= 0.3 is 0 Å². The summed E-state index contributed by atoms with van der Waals surface area (Å²) in [5.41, 5.74) is 10.9. The molecule has 6 aliphatic heterocycles. The summed E-state index contributed by atoms with van der Waals surface area (Å²) in [6.07, 6.45) is 2.32. The van der Waals surface area contributed by atoms with Gasteiger partial charge in [-0.15, -0.1) is 11.3 Å². The minimum Gasteiger partial charge on any atom is -0.493 e. The first-order valence-corrected chi connectivity index (χ1v) is 48.2. The van der Waals surface area contributed by atoms with Crippen LogP contribution in [0.4, 0.5) is 17.1 Å². The predicted molar refractivity (Wildman–Crippen MR) is 533 cm³/mol. The Bertz CT molecular complexity index is 5970. The number of carbonyl (C=O) groups is 9. The molecule has 3 N–H and O–H groups in total. The van der Waals surface area contributed by atoms with E-state index in [1.54, 1.807) is 90.5 Å². The van der Waals surface area contributed by atoms with Crippen LogP contribution in [0.5, 0.6) is 34.5 Å². The number of carbonyl (C=O) groups excluding carboxylic acids is 9. The number of anilines is 3. The quantitative estimate of drug-likeness (QED) is 0.0246. The number of aryl methyl sites for hydroxylation is 1. The molecule has 0 unspecified atom stereocenters. The van der Waals surface area contributed by atoms with Crippen LogP contribution in [0.3, 0.4) is 0 Å². The van der Waals surface area contributed by atoms with E-state index < -0.39 is 23.7 Å². The summed E-state index contributed by atoms with van der Waals surface area (Å²) >= 11 is 1.40. The van der Waals surface area contributed by atoms with Crippen molar-refractivity contribution in [2.24, 2.45) is 0 Å². The van der Waals surface area contributed by atoms with Crippen LogP contribution in [0.1, 0.15) is 228 Å². The zero-order valence-corrected chi connectivity index (χ0v) is 82.2. The molecule has 16 rings (SSSR count). The predicted octanol–water partition coefficient (Wildman–Crippen LogP) is 16.0. The molecule has 10 aromatic rings. The number of hydrogen-bond donors (Lipinski definition) is 3. The van der Waals surface area contributed by atoms with Gasteiger partial charge in [0, 0.05) is 129 Å². The molecular weight excluding hydrogens is 1770 g/mol. The van der Waals surface area contributed by atoms with E-state index in [0.29, 0.717) is 130 Å². The number of imide groups is 3. The lowest BCUT2D eigenvalue weighted by atomic mass is 9.99. The Hall–Kier alpha value is -13.5. The van der Waals surface area contributed by atoms with Crippen molar-refractivity contribution in [3.8, 4) is 34.5 Å². The molecule has 3 fully saturated rings. The number of piperazine rings is 3. The van der Waals surface area contributed by atoms with Gasteiger partial charge in [0.15, 0.2) is 34.5 Å². The lowest BCUT2D eigenvalue weighted by Gasteiger charge is -2.39. The number of methoxy groups -OCH3 is 6. The molecule has 9 aromatic carbocycles. The Morgan fingerprint density at radius 1 is 0.377 bits per heavy atom. The first-order chi connectivity index (χ1) is 66.6. The molecular formula is C108H127N13O16S. The van der Waals surface area contributed by atoms with Crippen LogP contribution in [-0.4, -0.2) is 241 Å². The van der Waals surface area contributed by atoms with Crippen molar-refractivity contribution >= 4 is 81.6 Å². The third-order valence-electron chi connectivity index (χ3n) is 26.7. The standard InChI is InChI=1S/C38H48N4O6.C36H39N5O5S.C34H40N4O5/c1-26(27-12-8-7-9-13-27)40-20-22-41(23-21-40)31-15-10-14-29-35(31)37(45)42(36(29)44)30(28-17-18-32(46-5)33(24-28)47-6)16-11-19-39-34(43)25-48-38(2,3)4;1-23(25-9-6-5-7-10-25)39-17-19-40(20-18-39)30-12-8-11-27-33(30)36(44)41(35(27)43)29(26-13-14-31(45-3)32(21-26)46-4)15-16-37-34(42)28-22-47-24(2)38-28;1-23(25-10-6-5-7-11-25)36-18-20-37(21-19-36)29-13-8-12-27-32(29)34(41)38(33(27)40)28(14-9-17-35-24(2)39)26-15-16-30(42-3)31(22-26)43-4/h7-10,12-15,17-18,24,26,30H,11,16,19-23,25H2,1-6H3,(H,39,43);5-14,21-23,29H,15-20H2,1-4H3,(H,37,42);5-8,10-13,15-16,22-23,28H,9,14,17-21H2,1-4H3,(H,35,39)/t26-,30-;23-,29-;23-,28-/m111/s1. The third kappa shape index (κ3) is 23.0. The molecule has 0 aliphatic carbocycles. The normalized spacial score (nSPS) is 16.4. The van der Waals surface area contributed by atoms with Crippen LogP contribution in [0.2, 0.25) is 0 Å². The second-order valence-electron chi connectivity index (χ2n) is 36.1. The zero-order chi connectivity index (χ0) is 98.0. The largest absolute Gasteiger partial charge is 0.493 e. The molecule has 138 heavy (non-hydrogen) atoms. The lowest BCUT2D eigenvalue weighted by Crippen LogP contribution is -2.47. The van der Waals surface area contributed by atoms with Gasteiger partial charge < -0.3 is 63.8 Å². The number of aromatic nitrogens is 1. The second kappa shape index (κ2) is 46.1. The fraction of sp³-hybridized carbons (Fsp3) is 0.389. The van der Waals surface area contributed by atoms with E-state index in [1.165, 1.54) is 49.7 Å². The van der Waals surface area contributed by atoms with Gasteiger partial charge in [-0.05, 0) is 187 Å². The van der Waals surface area contributed by atoms with Gasteiger partial charge in [-0.25, -0.2) is 4.98 Å². The maximum absolute atomic E-state index is 14.4. The number of amides is 9. The van der Waals surface area contributed by atoms with Gasteiger partial charge in [0.25, 0.3) is 41.4 Å². The number of fused-ring (bicyclic) bond motifs is 3. The molecule has 0 saturated carbocycles. The highest BCUT2D eigenvalue weighted by atomic mass is 32.1. The van der Waals surface area contributed by atoms with E-state index in [0.717, 1.165) is 112 Å². The smallest absolute Gasteiger partial charge is 0.270 e. The van der Waals surface area contributed by atoms with Gasteiger partial charge in [-0.3, -0.25) is 72.6 Å². The Kier molecular flexibility index (Phi) is 33.5. The number of ether oxygens (including phenoxy) is 7. The van der Waals surface area contributed by atoms with E-state index in [2.05, 4.69) is 144 Å². The SMILES string of the molecule is COc1ccc([C@@H](CCCNC(=O)COC(C)(C)C)N2C(=O)c3cccc(N4CCN([C@H](C)c5ccccc5)CC4)c3C2=O)cc1OC.COc1ccc([C@@H](CCCNC(C)=O)N2C(=O)c3cccc(N4CCN([C@H](C)c5ccccc5)CC4)c3C2=O)cc1OC.COc1ccc([C@@H](CCNC(=O)c2csc(C)n2)N2C(=O)c3cccc(N4CCN([C@H](C)c5ccccc5)CC4)c3C2=O)cc1OC. The van der Waals surface area contributed by atoms with Crippen LogP contribution in [-0.2, 0) is 14.3 Å². The van der Waals surface area contributed by atoms with Gasteiger partial charge in [-0.1, -0.05) is 127 Å². The average Bonchev–Trinajstić information content (AvgIpc) is 1.60. The maximum Gasteiger partial charge on any atom is 0.270 e. The highest BCUT2D eigenvalue weighted by Crippen LogP contribution is 2.46. The minimum atomic E-state index is -0.670. The first-order valence-electron chi connectivity index (χ1n) is 47.3. The van der Waals surface area contributed by atoms with Gasteiger partial charge in [0.05, 0.1) is 122 Å². The van der Waals surface area contributed by atoms with Crippen LogP contribution in [0.15, 0.2) is 206 Å². The Balaban J connectivity index is 0.000000165. The van der Waals surface area contributed by atoms with Crippen molar-refractivity contribution in [1.82, 2.24) is 50.3 Å². The molecule has 29 nitrogen and oxygen atoms in total. The highest BCUT2D eigenvalue weighted by Gasteiger charge is 2.47. The molecule has 6 aliphatic rings.